The number of aliphatic imine (C=N–C) groups is 1. The molecule has 0 aliphatic heterocycles. The summed E-state index contributed by atoms with van der Waals surface area (Å²) in [6.07, 6.45) is 2.92. The van der Waals surface area contributed by atoms with Crippen LogP contribution < -0.4 is 10.6 Å². The van der Waals surface area contributed by atoms with Crippen LogP contribution in [0.4, 0.5) is 0 Å². The highest BCUT2D eigenvalue weighted by Gasteiger charge is 2.25. The van der Waals surface area contributed by atoms with Crippen LogP contribution in [0.2, 0.25) is 0 Å². The molecule has 0 aliphatic rings. The molecule has 1 aromatic rings. The molecule has 1 aromatic carbocycles. The number of aliphatic hydroxyl groups is 1. The zero-order chi connectivity index (χ0) is 17.1. The molecule has 4 nitrogen and oxygen atoms in total. The monoisotopic (exact) mass is 319 g/mol. The van der Waals surface area contributed by atoms with Crippen molar-refractivity contribution < 1.29 is 5.11 Å². The first-order valence-electron chi connectivity index (χ1n) is 8.78. The Morgan fingerprint density at radius 1 is 1.13 bits per heavy atom. The average Bonchev–Trinajstić information content (AvgIpc) is 2.57. The molecule has 0 aromatic heterocycles. The summed E-state index contributed by atoms with van der Waals surface area (Å²) in [6, 6.07) is 8.35. The first-order valence-corrected chi connectivity index (χ1v) is 8.78. The van der Waals surface area contributed by atoms with Gasteiger partial charge >= 0.3 is 0 Å². The maximum Gasteiger partial charge on any atom is 0.191 e. The maximum atomic E-state index is 9.34. The Labute approximate surface area is 141 Å². The van der Waals surface area contributed by atoms with Crippen LogP contribution in [0.3, 0.4) is 0 Å². The van der Waals surface area contributed by atoms with Gasteiger partial charge in [-0.1, -0.05) is 38.1 Å². The third kappa shape index (κ3) is 6.22. The summed E-state index contributed by atoms with van der Waals surface area (Å²) in [7, 11) is 0. The standard InChI is InChI=1S/C19H33N3O/c1-5-19(6-2,12-13-23)15-22-18(20-7-3)21-14-17-11-9-8-10-16(17)4/h8-11,23H,5-7,12-15H2,1-4H3,(H2,20,21,22). The molecule has 130 valence electrons. The molecule has 3 N–H and O–H groups in total. The van der Waals surface area contributed by atoms with Crippen molar-refractivity contribution in [1.29, 1.82) is 0 Å². The lowest BCUT2D eigenvalue weighted by Crippen LogP contribution is -2.43. The zero-order valence-corrected chi connectivity index (χ0v) is 15.2. The number of hydrogen-bond acceptors (Lipinski definition) is 2. The topological polar surface area (TPSA) is 56.7 Å². The maximum absolute atomic E-state index is 9.34. The minimum Gasteiger partial charge on any atom is -0.396 e. The Bertz CT molecular complexity index is 481. The highest BCUT2D eigenvalue weighted by Crippen LogP contribution is 2.29. The minimum absolute atomic E-state index is 0.133. The number of nitrogens with one attached hydrogen (secondary N) is 2. The van der Waals surface area contributed by atoms with Gasteiger partial charge in [-0.2, -0.15) is 0 Å². The number of nitrogens with zero attached hydrogens (tertiary/aromatic N) is 1. The van der Waals surface area contributed by atoms with E-state index in [-0.39, 0.29) is 12.0 Å². The minimum atomic E-state index is 0.133. The van der Waals surface area contributed by atoms with Crippen LogP contribution in [0.5, 0.6) is 0 Å². The average molecular weight is 319 g/mol. The molecule has 0 heterocycles. The Morgan fingerprint density at radius 3 is 2.39 bits per heavy atom. The van der Waals surface area contributed by atoms with E-state index in [0.29, 0.717) is 6.54 Å². The summed E-state index contributed by atoms with van der Waals surface area (Å²) in [4.78, 5) is 4.71. The van der Waals surface area contributed by atoms with Crippen molar-refractivity contribution in [3.05, 3.63) is 35.4 Å². The Hall–Kier alpha value is -1.55. The molecule has 23 heavy (non-hydrogen) atoms. The number of rotatable bonds is 9. The van der Waals surface area contributed by atoms with Gasteiger partial charge in [0.1, 0.15) is 0 Å². The predicted molar refractivity (Wildman–Crippen MR) is 98.7 cm³/mol. The fraction of sp³-hybridized carbons (Fsp3) is 0.632. The summed E-state index contributed by atoms with van der Waals surface area (Å²) < 4.78 is 0. The molecule has 0 radical (unpaired) electrons. The van der Waals surface area contributed by atoms with Gasteiger partial charge in [0.05, 0.1) is 6.54 Å². The summed E-state index contributed by atoms with van der Waals surface area (Å²) >= 11 is 0. The van der Waals surface area contributed by atoms with Crippen molar-refractivity contribution in [1.82, 2.24) is 10.6 Å². The van der Waals surface area contributed by atoms with Crippen LogP contribution in [0.25, 0.3) is 0 Å². The van der Waals surface area contributed by atoms with Crippen molar-refractivity contribution in [2.75, 3.05) is 19.7 Å². The van der Waals surface area contributed by atoms with Crippen molar-refractivity contribution in [2.45, 2.75) is 53.5 Å². The largest absolute Gasteiger partial charge is 0.396 e. The number of benzene rings is 1. The van der Waals surface area contributed by atoms with E-state index in [4.69, 9.17) is 4.99 Å². The van der Waals surface area contributed by atoms with E-state index in [1.807, 2.05) is 0 Å². The third-order valence-electron chi connectivity index (χ3n) is 4.79. The molecule has 0 atom stereocenters. The second kappa shape index (κ2) is 10.3. The third-order valence-corrected chi connectivity index (χ3v) is 4.79. The van der Waals surface area contributed by atoms with Crippen LogP contribution in [0.1, 0.15) is 51.2 Å². The smallest absolute Gasteiger partial charge is 0.191 e. The summed E-state index contributed by atoms with van der Waals surface area (Å²) in [6.45, 7) is 11.2. The molecular formula is C19H33N3O. The Balaban J connectivity index is 2.74. The van der Waals surface area contributed by atoms with Crippen molar-refractivity contribution in [3.63, 3.8) is 0 Å². The van der Waals surface area contributed by atoms with Crippen LogP contribution >= 0.6 is 0 Å². The lowest BCUT2D eigenvalue weighted by molar-refractivity contribution is 0.169. The number of aliphatic hydroxyl groups excluding tert-OH is 1. The molecule has 4 heteroatoms. The number of aryl methyl sites for hydroxylation is 1. The van der Waals surface area contributed by atoms with E-state index in [1.54, 1.807) is 0 Å². The van der Waals surface area contributed by atoms with Crippen LogP contribution in [0.15, 0.2) is 29.3 Å². The molecular weight excluding hydrogens is 286 g/mol. The first kappa shape index (κ1) is 19.5. The fourth-order valence-electron chi connectivity index (χ4n) is 2.74. The van der Waals surface area contributed by atoms with Gasteiger partial charge in [-0.3, -0.25) is 0 Å². The van der Waals surface area contributed by atoms with Gasteiger partial charge in [0.25, 0.3) is 0 Å². The molecule has 0 unspecified atom stereocenters. The molecule has 0 aliphatic carbocycles. The molecule has 0 fully saturated rings. The molecule has 0 saturated carbocycles. The highest BCUT2D eigenvalue weighted by molar-refractivity contribution is 5.79. The van der Waals surface area contributed by atoms with E-state index in [1.165, 1.54) is 11.1 Å². The molecule has 0 amide bonds. The van der Waals surface area contributed by atoms with Crippen molar-refractivity contribution in [2.24, 2.45) is 10.4 Å². The van der Waals surface area contributed by atoms with Gasteiger partial charge in [-0.25, -0.2) is 4.99 Å². The first-order chi connectivity index (χ1) is 11.1. The van der Waals surface area contributed by atoms with Crippen LogP contribution in [-0.2, 0) is 6.54 Å². The Kier molecular flexibility index (Phi) is 8.70. The van der Waals surface area contributed by atoms with E-state index in [9.17, 15) is 5.11 Å². The van der Waals surface area contributed by atoms with Gasteiger partial charge in [0.15, 0.2) is 5.96 Å². The second-order valence-corrected chi connectivity index (χ2v) is 6.16. The normalized spacial score (nSPS) is 12.3. The van der Waals surface area contributed by atoms with E-state index >= 15 is 0 Å². The summed E-state index contributed by atoms with van der Waals surface area (Å²) in [5.41, 5.74) is 2.65. The molecule has 0 spiro atoms. The quantitative estimate of drug-likeness (QED) is 0.484. The molecule has 0 saturated heterocycles. The Morgan fingerprint density at radius 2 is 1.83 bits per heavy atom. The van der Waals surface area contributed by atoms with Crippen LogP contribution in [-0.4, -0.2) is 30.8 Å². The molecule has 0 bridgehead atoms. The zero-order valence-electron chi connectivity index (χ0n) is 15.2. The van der Waals surface area contributed by atoms with Crippen molar-refractivity contribution in [3.8, 4) is 0 Å². The fourth-order valence-corrected chi connectivity index (χ4v) is 2.74. The van der Waals surface area contributed by atoms with E-state index in [0.717, 1.165) is 38.3 Å². The van der Waals surface area contributed by atoms with Crippen LogP contribution in [0, 0.1) is 12.3 Å². The van der Waals surface area contributed by atoms with E-state index < -0.39 is 0 Å². The van der Waals surface area contributed by atoms with Gasteiger partial charge < -0.3 is 15.7 Å². The van der Waals surface area contributed by atoms with Gasteiger partial charge in [-0.15, -0.1) is 0 Å². The van der Waals surface area contributed by atoms with Gasteiger partial charge in [-0.05, 0) is 49.7 Å². The SMILES string of the molecule is CCNC(=NCc1ccccc1C)NCC(CC)(CC)CCO. The van der Waals surface area contributed by atoms with Crippen molar-refractivity contribution >= 4 is 5.96 Å². The lowest BCUT2D eigenvalue weighted by atomic mass is 9.79. The second-order valence-electron chi connectivity index (χ2n) is 6.16. The number of guanidine groups is 1. The van der Waals surface area contributed by atoms with Gasteiger partial charge in [0.2, 0.25) is 0 Å². The highest BCUT2D eigenvalue weighted by atomic mass is 16.3. The number of hydrogen-bond donors (Lipinski definition) is 3. The van der Waals surface area contributed by atoms with Gasteiger partial charge in [0, 0.05) is 19.7 Å². The summed E-state index contributed by atoms with van der Waals surface area (Å²) in [5.74, 6) is 0.847. The van der Waals surface area contributed by atoms with E-state index in [2.05, 4.69) is 62.6 Å². The summed E-state index contributed by atoms with van der Waals surface area (Å²) in [5, 5.41) is 16.1. The predicted octanol–water partition coefficient (Wildman–Crippen LogP) is 3.24. The lowest BCUT2D eigenvalue weighted by Gasteiger charge is -2.32. The molecule has 1 rings (SSSR count).